The van der Waals surface area contributed by atoms with Gasteiger partial charge in [-0.2, -0.15) is 0 Å². The minimum Gasteiger partial charge on any atom is -0.292 e. The van der Waals surface area contributed by atoms with Crippen LogP contribution in [-0.2, 0) is 23.1 Å². The summed E-state index contributed by atoms with van der Waals surface area (Å²) in [5, 5.41) is 0. The van der Waals surface area contributed by atoms with Crippen molar-refractivity contribution >= 4 is 15.7 Å². The van der Waals surface area contributed by atoms with E-state index in [2.05, 4.69) is 23.5 Å². The van der Waals surface area contributed by atoms with Gasteiger partial charge in [0, 0.05) is 24.8 Å². The van der Waals surface area contributed by atoms with E-state index >= 15 is 0 Å². The molecule has 4 nitrogen and oxygen atoms in total. The number of nitrogens with one attached hydrogen (secondary N) is 1. The molecule has 0 saturated heterocycles. The van der Waals surface area contributed by atoms with Crippen LogP contribution in [0.3, 0.4) is 0 Å². The van der Waals surface area contributed by atoms with E-state index in [1.54, 1.807) is 12.1 Å². The number of aryl methyl sites for hydroxylation is 1. The minimum atomic E-state index is -3.55. The van der Waals surface area contributed by atoms with Crippen LogP contribution < -0.4 is 4.72 Å². The van der Waals surface area contributed by atoms with Crippen molar-refractivity contribution in [2.75, 3.05) is 4.72 Å². The highest BCUT2D eigenvalue weighted by Crippen LogP contribution is 2.29. The molecule has 2 aromatic carbocycles. The van der Waals surface area contributed by atoms with Gasteiger partial charge in [0.25, 0.3) is 10.0 Å². The van der Waals surface area contributed by atoms with Crippen molar-refractivity contribution in [2.45, 2.75) is 57.6 Å². The van der Waals surface area contributed by atoms with Crippen LogP contribution in [0.15, 0.2) is 47.4 Å². The highest BCUT2D eigenvalue weighted by Gasteiger charge is 2.23. The third kappa shape index (κ3) is 4.05. The van der Waals surface area contributed by atoms with Gasteiger partial charge in [-0.1, -0.05) is 37.1 Å². The maximum Gasteiger partial charge on any atom is 0.261 e. The first kappa shape index (κ1) is 18.0. The fourth-order valence-corrected chi connectivity index (χ4v) is 4.38. The second kappa shape index (κ2) is 7.18. The highest BCUT2D eigenvalue weighted by molar-refractivity contribution is 7.92. The first-order valence-corrected chi connectivity index (χ1v) is 10.3. The van der Waals surface area contributed by atoms with Crippen LogP contribution in [0, 0.1) is 6.92 Å². The molecule has 0 fully saturated rings. The van der Waals surface area contributed by atoms with Gasteiger partial charge in [0.1, 0.15) is 0 Å². The molecule has 5 heteroatoms. The molecule has 1 heterocycles. The lowest BCUT2D eigenvalue weighted by Crippen LogP contribution is -2.27. The van der Waals surface area contributed by atoms with Crippen LogP contribution >= 0.6 is 0 Å². The topological polar surface area (TPSA) is 49.4 Å². The standard InChI is InChI=1S/C20H26N2O2S/c1-4-5-16(3)22-13-17-8-9-19(12-18(17)14-22)21-25(23,24)20-10-6-15(2)7-11-20/h6-12,16,21H,4-5,13-14H2,1-3H3/t16-/m1/s1. The molecule has 3 rings (SSSR count). The molecule has 1 atom stereocenters. The summed E-state index contributed by atoms with van der Waals surface area (Å²) in [6.07, 6.45) is 2.36. The number of benzene rings is 2. The number of sulfonamides is 1. The van der Waals surface area contributed by atoms with Crippen molar-refractivity contribution in [3.05, 3.63) is 59.2 Å². The first-order chi connectivity index (χ1) is 11.9. The van der Waals surface area contributed by atoms with Gasteiger partial charge in [0.15, 0.2) is 0 Å². The molecule has 134 valence electrons. The Hall–Kier alpha value is -1.85. The van der Waals surface area contributed by atoms with E-state index in [-0.39, 0.29) is 4.90 Å². The molecule has 0 aliphatic carbocycles. The van der Waals surface area contributed by atoms with Gasteiger partial charge < -0.3 is 0 Å². The average molecular weight is 359 g/mol. The van der Waals surface area contributed by atoms with E-state index in [1.165, 1.54) is 24.0 Å². The summed E-state index contributed by atoms with van der Waals surface area (Å²) in [7, 11) is -3.55. The van der Waals surface area contributed by atoms with Gasteiger partial charge in [-0.15, -0.1) is 0 Å². The molecule has 25 heavy (non-hydrogen) atoms. The van der Waals surface area contributed by atoms with Crippen LogP contribution in [0.25, 0.3) is 0 Å². The normalized spacial score (nSPS) is 15.8. The first-order valence-electron chi connectivity index (χ1n) is 8.84. The van der Waals surface area contributed by atoms with Gasteiger partial charge in [0.05, 0.1) is 4.90 Å². The quantitative estimate of drug-likeness (QED) is 0.837. The second-order valence-corrected chi connectivity index (χ2v) is 8.63. The largest absolute Gasteiger partial charge is 0.292 e. The number of hydrogen-bond donors (Lipinski definition) is 1. The Balaban J connectivity index is 1.76. The van der Waals surface area contributed by atoms with Crippen LogP contribution in [-0.4, -0.2) is 19.4 Å². The third-order valence-electron chi connectivity index (χ3n) is 4.87. The molecule has 1 aliphatic rings. The van der Waals surface area contributed by atoms with Crippen molar-refractivity contribution in [3.63, 3.8) is 0 Å². The van der Waals surface area contributed by atoms with E-state index in [0.717, 1.165) is 18.7 Å². The molecule has 0 amide bonds. The van der Waals surface area contributed by atoms with Gasteiger partial charge in [-0.05, 0) is 55.7 Å². The Morgan fingerprint density at radius 3 is 2.44 bits per heavy atom. The summed E-state index contributed by atoms with van der Waals surface area (Å²) in [5.41, 5.74) is 4.18. The molecule has 0 bridgehead atoms. The Morgan fingerprint density at radius 1 is 1.08 bits per heavy atom. The molecular weight excluding hydrogens is 332 g/mol. The molecule has 0 aromatic heterocycles. The maximum atomic E-state index is 12.5. The van der Waals surface area contributed by atoms with E-state index in [9.17, 15) is 8.42 Å². The van der Waals surface area contributed by atoms with Crippen LogP contribution in [0.1, 0.15) is 43.4 Å². The predicted octanol–water partition coefficient (Wildman–Crippen LogP) is 4.30. The monoisotopic (exact) mass is 358 g/mol. The summed E-state index contributed by atoms with van der Waals surface area (Å²) in [6, 6.07) is 13.3. The van der Waals surface area contributed by atoms with Crippen molar-refractivity contribution in [2.24, 2.45) is 0 Å². The summed E-state index contributed by atoms with van der Waals surface area (Å²) in [5.74, 6) is 0. The maximum absolute atomic E-state index is 12.5. The fourth-order valence-electron chi connectivity index (χ4n) is 3.33. The van der Waals surface area contributed by atoms with Crippen LogP contribution in [0.4, 0.5) is 5.69 Å². The molecule has 1 N–H and O–H groups in total. The SMILES string of the molecule is CCC[C@@H](C)N1Cc2ccc(NS(=O)(=O)c3ccc(C)cc3)cc2C1. The van der Waals surface area contributed by atoms with Gasteiger partial charge in [-0.25, -0.2) is 8.42 Å². The number of hydrogen-bond acceptors (Lipinski definition) is 3. The lowest BCUT2D eigenvalue weighted by molar-refractivity contribution is 0.202. The zero-order valence-electron chi connectivity index (χ0n) is 15.1. The lowest BCUT2D eigenvalue weighted by Gasteiger charge is -2.23. The van der Waals surface area contributed by atoms with Gasteiger partial charge in [0.2, 0.25) is 0 Å². The zero-order chi connectivity index (χ0) is 18.0. The molecular formula is C20H26N2O2S. The van der Waals surface area contributed by atoms with E-state index in [0.29, 0.717) is 11.7 Å². The summed E-state index contributed by atoms with van der Waals surface area (Å²) in [4.78, 5) is 2.74. The van der Waals surface area contributed by atoms with E-state index < -0.39 is 10.0 Å². The molecule has 0 spiro atoms. The summed E-state index contributed by atoms with van der Waals surface area (Å²) < 4.78 is 27.8. The minimum absolute atomic E-state index is 0.289. The lowest BCUT2D eigenvalue weighted by atomic mass is 10.1. The summed E-state index contributed by atoms with van der Waals surface area (Å²) >= 11 is 0. The van der Waals surface area contributed by atoms with Crippen molar-refractivity contribution in [1.82, 2.24) is 4.90 Å². The number of nitrogens with zero attached hydrogens (tertiary/aromatic N) is 1. The fraction of sp³-hybridized carbons (Fsp3) is 0.400. The predicted molar refractivity (Wildman–Crippen MR) is 102 cm³/mol. The van der Waals surface area contributed by atoms with E-state index in [1.807, 2.05) is 37.3 Å². The summed E-state index contributed by atoms with van der Waals surface area (Å²) in [6.45, 7) is 8.24. The van der Waals surface area contributed by atoms with Gasteiger partial charge >= 0.3 is 0 Å². The molecule has 0 radical (unpaired) electrons. The molecule has 0 saturated carbocycles. The van der Waals surface area contributed by atoms with Gasteiger partial charge in [-0.3, -0.25) is 9.62 Å². The zero-order valence-corrected chi connectivity index (χ0v) is 15.9. The third-order valence-corrected chi connectivity index (χ3v) is 6.26. The Morgan fingerprint density at radius 2 is 1.76 bits per heavy atom. The number of fused-ring (bicyclic) bond motifs is 1. The van der Waals surface area contributed by atoms with Crippen molar-refractivity contribution < 1.29 is 8.42 Å². The smallest absolute Gasteiger partial charge is 0.261 e. The molecule has 0 unspecified atom stereocenters. The Kier molecular flexibility index (Phi) is 5.16. The van der Waals surface area contributed by atoms with Crippen molar-refractivity contribution in [1.29, 1.82) is 0 Å². The van der Waals surface area contributed by atoms with Crippen LogP contribution in [0.2, 0.25) is 0 Å². The van der Waals surface area contributed by atoms with Crippen molar-refractivity contribution in [3.8, 4) is 0 Å². The number of anilines is 1. The van der Waals surface area contributed by atoms with Crippen LogP contribution in [0.5, 0.6) is 0 Å². The highest BCUT2D eigenvalue weighted by atomic mass is 32.2. The average Bonchev–Trinajstić information content (AvgIpc) is 2.98. The second-order valence-electron chi connectivity index (χ2n) is 6.94. The number of rotatable bonds is 6. The molecule has 1 aliphatic heterocycles. The Labute approximate surface area is 150 Å². The Bertz CT molecular complexity index is 844. The molecule has 2 aromatic rings. The van der Waals surface area contributed by atoms with E-state index in [4.69, 9.17) is 0 Å².